The first-order chi connectivity index (χ1) is 10.0. The molecular formula is C19H23NO. The highest BCUT2D eigenvalue weighted by atomic mass is 16.1. The molecule has 1 N–H and O–H groups in total. The van der Waals surface area contributed by atoms with E-state index in [0.29, 0.717) is 0 Å². The van der Waals surface area contributed by atoms with Gasteiger partial charge < -0.3 is 5.32 Å². The molecule has 1 amide bonds. The van der Waals surface area contributed by atoms with Crippen molar-refractivity contribution >= 4 is 5.91 Å². The van der Waals surface area contributed by atoms with Crippen molar-refractivity contribution < 1.29 is 4.79 Å². The van der Waals surface area contributed by atoms with Crippen LogP contribution in [0.3, 0.4) is 0 Å². The Labute approximate surface area is 127 Å². The molecule has 0 radical (unpaired) electrons. The summed E-state index contributed by atoms with van der Waals surface area (Å²) >= 11 is 0. The van der Waals surface area contributed by atoms with Crippen molar-refractivity contribution in [2.24, 2.45) is 0 Å². The van der Waals surface area contributed by atoms with Crippen molar-refractivity contribution in [3.05, 3.63) is 70.3 Å². The number of hydrogen-bond acceptors (Lipinski definition) is 1. The van der Waals surface area contributed by atoms with E-state index < -0.39 is 0 Å². The minimum absolute atomic E-state index is 0.00336. The molecule has 0 aliphatic heterocycles. The lowest BCUT2D eigenvalue weighted by molar-refractivity contribution is 0.0935. The van der Waals surface area contributed by atoms with E-state index in [1.54, 1.807) is 0 Å². The summed E-state index contributed by atoms with van der Waals surface area (Å²) in [4.78, 5) is 12.5. The van der Waals surface area contributed by atoms with Gasteiger partial charge in [-0.1, -0.05) is 54.4 Å². The second-order valence-electron chi connectivity index (χ2n) is 5.66. The minimum atomic E-state index is 0.00336. The molecule has 2 rings (SSSR count). The van der Waals surface area contributed by atoms with Gasteiger partial charge in [-0.2, -0.15) is 0 Å². The summed E-state index contributed by atoms with van der Waals surface area (Å²) in [5.41, 5.74) is 5.27. The van der Waals surface area contributed by atoms with Crippen LogP contribution in [0.25, 0.3) is 0 Å². The van der Waals surface area contributed by atoms with Crippen molar-refractivity contribution in [2.75, 3.05) is 0 Å². The monoisotopic (exact) mass is 281 g/mol. The molecule has 0 aliphatic carbocycles. The third-order valence-corrected chi connectivity index (χ3v) is 3.83. The fraction of sp³-hybridized carbons (Fsp3) is 0.316. The maximum absolute atomic E-state index is 12.5. The maximum atomic E-state index is 12.5. The zero-order chi connectivity index (χ0) is 15.4. The van der Waals surface area contributed by atoms with E-state index in [-0.39, 0.29) is 11.9 Å². The third-order valence-electron chi connectivity index (χ3n) is 3.83. The molecule has 2 heteroatoms. The second-order valence-corrected chi connectivity index (χ2v) is 5.66. The Morgan fingerprint density at radius 2 is 1.62 bits per heavy atom. The summed E-state index contributed by atoms with van der Waals surface area (Å²) in [7, 11) is 0. The van der Waals surface area contributed by atoms with Gasteiger partial charge in [0.2, 0.25) is 0 Å². The summed E-state index contributed by atoms with van der Waals surface area (Å²) in [6.45, 7) is 8.14. The van der Waals surface area contributed by atoms with Crippen LogP contribution in [0.1, 0.15) is 52.0 Å². The molecule has 1 atom stereocenters. The maximum Gasteiger partial charge on any atom is 0.252 e. The Hall–Kier alpha value is -2.09. The molecule has 2 aromatic rings. The van der Waals surface area contributed by atoms with E-state index in [2.05, 4.69) is 43.4 Å². The fourth-order valence-corrected chi connectivity index (χ4v) is 2.44. The summed E-state index contributed by atoms with van der Waals surface area (Å²) in [5, 5.41) is 3.15. The molecule has 0 fully saturated rings. The van der Waals surface area contributed by atoms with Gasteiger partial charge in [-0.05, 0) is 44.4 Å². The Morgan fingerprint density at radius 1 is 1.00 bits per heavy atom. The van der Waals surface area contributed by atoms with Crippen LogP contribution in [0.2, 0.25) is 0 Å². The Bertz CT molecular complexity index is 629. The summed E-state index contributed by atoms with van der Waals surface area (Å²) in [6.07, 6.45) is 0.875. The van der Waals surface area contributed by atoms with Gasteiger partial charge in [0.25, 0.3) is 5.91 Å². The molecule has 110 valence electrons. The molecule has 0 aliphatic rings. The van der Waals surface area contributed by atoms with Crippen LogP contribution < -0.4 is 5.32 Å². The largest absolute Gasteiger partial charge is 0.345 e. The number of carbonyl (C=O) groups excluding carboxylic acids is 1. The molecule has 2 nitrogen and oxygen atoms in total. The predicted octanol–water partition coefficient (Wildman–Crippen LogP) is 4.49. The number of amides is 1. The minimum Gasteiger partial charge on any atom is -0.345 e. The average molecular weight is 281 g/mol. The topological polar surface area (TPSA) is 29.1 Å². The Morgan fingerprint density at radius 3 is 2.24 bits per heavy atom. The van der Waals surface area contributed by atoms with Crippen LogP contribution in [0, 0.1) is 20.8 Å². The highest BCUT2D eigenvalue weighted by Gasteiger charge is 2.15. The lowest BCUT2D eigenvalue weighted by Crippen LogP contribution is -2.28. The van der Waals surface area contributed by atoms with Crippen LogP contribution in [-0.2, 0) is 0 Å². The van der Waals surface area contributed by atoms with Gasteiger partial charge in [-0.3, -0.25) is 4.79 Å². The molecule has 0 saturated heterocycles. The zero-order valence-electron chi connectivity index (χ0n) is 13.2. The average Bonchev–Trinajstić information content (AvgIpc) is 2.48. The summed E-state index contributed by atoms with van der Waals surface area (Å²) in [5.74, 6) is 0.00336. The standard InChI is InChI=1S/C19H23NO/c1-5-18(16-10-7-13(2)8-11-16)20-19(21)17-12-14(3)6-9-15(17)4/h6-12,18H,5H2,1-4H3,(H,20,21)/t18-/m1/s1. The molecule has 0 saturated carbocycles. The van der Waals surface area contributed by atoms with Crippen LogP contribution in [-0.4, -0.2) is 5.91 Å². The third kappa shape index (κ3) is 3.72. The Balaban J connectivity index is 2.20. The van der Waals surface area contributed by atoms with Crippen molar-refractivity contribution in [2.45, 2.75) is 40.2 Å². The SMILES string of the molecule is CC[C@@H](NC(=O)c1cc(C)ccc1C)c1ccc(C)cc1. The van der Waals surface area contributed by atoms with E-state index in [9.17, 15) is 4.79 Å². The fourth-order valence-electron chi connectivity index (χ4n) is 2.44. The van der Waals surface area contributed by atoms with Gasteiger partial charge in [0.05, 0.1) is 6.04 Å². The number of rotatable bonds is 4. The number of benzene rings is 2. The predicted molar refractivity (Wildman–Crippen MR) is 87.6 cm³/mol. The van der Waals surface area contributed by atoms with Crippen LogP contribution in [0.4, 0.5) is 0 Å². The molecule has 2 aromatic carbocycles. The molecule has 0 spiro atoms. The van der Waals surface area contributed by atoms with E-state index in [1.807, 2.05) is 32.0 Å². The van der Waals surface area contributed by atoms with E-state index >= 15 is 0 Å². The van der Waals surface area contributed by atoms with Gasteiger partial charge in [0, 0.05) is 5.56 Å². The van der Waals surface area contributed by atoms with Gasteiger partial charge in [-0.15, -0.1) is 0 Å². The number of hydrogen-bond donors (Lipinski definition) is 1. The summed E-state index contributed by atoms with van der Waals surface area (Å²) in [6, 6.07) is 14.4. The lowest BCUT2D eigenvalue weighted by Gasteiger charge is -2.18. The molecule has 0 bridgehead atoms. The van der Waals surface area contributed by atoms with Crippen molar-refractivity contribution in [1.29, 1.82) is 0 Å². The van der Waals surface area contributed by atoms with E-state index in [0.717, 1.165) is 28.7 Å². The molecule has 0 unspecified atom stereocenters. The lowest BCUT2D eigenvalue weighted by atomic mass is 10.0. The van der Waals surface area contributed by atoms with Gasteiger partial charge in [0.15, 0.2) is 0 Å². The molecule has 21 heavy (non-hydrogen) atoms. The molecule has 0 heterocycles. The van der Waals surface area contributed by atoms with Gasteiger partial charge in [0.1, 0.15) is 0 Å². The smallest absolute Gasteiger partial charge is 0.252 e. The highest BCUT2D eigenvalue weighted by Crippen LogP contribution is 2.19. The van der Waals surface area contributed by atoms with Crippen LogP contribution in [0.15, 0.2) is 42.5 Å². The van der Waals surface area contributed by atoms with Crippen LogP contribution >= 0.6 is 0 Å². The number of nitrogens with one attached hydrogen (secondary N) is 1. The van der Waals surface area contributed by atoms with E-state index in [1.165, 1.54) is 5.56 Å². The van der Waals surface area contributed by atoms with Crippen molar-refractivity contribution in [1.82, 2.24) is 5.32 Å². The summed E-state index contributed by atoms with van der Waals surface area (Å²) < 4.78 is 0. The normalized spacial score (nSPS) is 12.0. The Kier molecular flexibility index (Phi) is 4.79. The first-order valence-electron chi connectivity index (χ1n) is 7.46. The zero-order valence-corrected chi connectivity index (χ0v) is 13.2. The van der Waals surface area contributed by atoms with E-state index in [4.69, 9.17) is 0 Å². The molecular weight excluding hydrogens is 258 g/mol. The van der Waals surface area contributed by atoms with Gasteiger partial charge >= 0.3 is 0 Å². The molecule has 0 aromatic heterocycles. The highest BCUT2D eigenvalue weighted by molar-refractivity contribution is 5.96. The first-order valence-corrected chi connectivity index (χ1v) is 7.46. The van der Waals surface area contributed by atoms with Crippen molar-refractivity contribution in [3.8, 4) is 0 Å². The van der Waals surface area contributed by atoms with Crippen LogP contribution in [0.5, 0.6) is 0 Å². The second kappa shape index (κ2) is 6.57. The number of aryl methyl sites for hydroxylation is 3. The van der Waals surface area contributed by atoms with Gasteiger partial charge in [-0.25, -0.2) is 0 Å². The number of carbonyl (C=O) groups is 1. The quantitative estimate of drug-likeness (QED) is 0.878. The first kappa shape index (κ1) is 15.3. The van der Waals surface area contributed by atoms with Crippen molar-refractivity contribution in [3.63, 3.8) is 0 Å².